The van der Waals surface area contributed by atoms with E-state index < -0.39 is 0 Å². The van der Waals surface area contributed by atoms with Crippen molar-refractivity contribution in [3.63, 3.8) is 0 Å². The molecule has 4 aromatic rings. The number of benzene rings is 3. The van der Waals surface area contributed by atoms with Crippen molar-refractivity contribution >= 4 is 33.5 Å². The number of phenols is 1. The van der Waals surface area contributed by atoms with E-state index in [1.165, 1.54) is 19.2 Å². The summed E-state index contributed by atoms with van der Waals surface area (Å²) in [5.41, 5.74) is 2.64. The number of methoxy groups -OCH3 is 1. The van der Waals surface area contributed by atoms with Gasteiger partial charge in [0, 0.05) is 17.8 Å². The van der Waals surface area contributed by atoms with Gasteiger partial charge in [0.05, 0.1) is 12.5 Å². The summed E-state index contributed by atoms with van der Waals surface area (Å²) in [5, 5.41) is 13.6. The molecule has 0 radical (unpaired) electrons. The van der Waals surface area contributed by atoms with Crippen molar-refractivity contribution in [1.82, 2.24) is 0 Å². The fourth-order valence-electron chi connectivity index (χ4n) is 3.51. The Morgan fingerprint density at radius 2 is 1.81 bits per heavy atom. The molecule has 3 aromatic carbocycles. The highest BCUT2D eigenvalue weighted by atomic mass is 16.5. The summed E-state index contributed by atoms with van der Waals surface area (Å²) in [6.45, 7) is 3.54. The minimum atomic E-state index is -0.382. The summed E-state index contributed by atoms with van der Waals surface area (Å²) in [4.78, 5) is 25.2. The van der Waals surface area contributed by atoms with Crippen LogP contribution in [-0.2, 0) is 4.79 Å². The van der Waals surface area contributed by atoms with Crippen LogP contribution in [0, 0.1) is 13.8 Å². The molecule has 1 heterocycles. The van der Waals surface area contributed by atoms with Gasteiger partial charge in [-0.15, -0.1) is 0 Å². The molecule has 0 bridgehead atoms. The molecule has 158 valence electrons. The first kappa shape index (κ1) is 20.3. The van der Waals surface area contributed by atoms with Gasteiger partial charge in [-0.1, -0.05) is 24.3 Å². The van der Waals surface area contributed by atoms with E-state index in [1.54, 1.807) is 18.2 Å². The third-order valence-electron chi connectivity index (χ3n) is 5.05. The lowest BCUT2D eigenvalue weighted by Gasteiger charge is -2.13. The Morgan fingerprint density at radius 3 is 2.52 bits per heavy atom. The Bertz CT molecular complexity index is 1350. The molecule has 31 heavy (non-hydrogen) atoms. The van der Waals surface area contributed by atoms with Crippen LogP contribution in [0.25, 0.3) is 21.9 Å². The Labute approximate surface area is 177 Å². The normalized spacial score (nSPS) is 10.9. The molecular weight excluding hydrogens is 398 g/mol. The molecule has 7 heteroatoms. The van der Waals surface area contributed by atoms with E-state index in [4.69, 9.17) is 13.9 Å². The third kappa shape index (κ3) is 3.77. The van der Waals surface area contributed by atoms with Crippen LogP contribution in [-0.4, -0.2) is 24.7 Å². The Hall–Kier alpha value is -4.00. The molecule has 0 atom stereocenters. The largest absolute Gasteiger partial charge is 0.507 e. The molecule has 1 amide bonds. The van der Waals surface area contributed by atoms with E-state index in [2.05, 4.69) is 5.32 Å². The van der Waals surface area contributed by atoms with Crippen LogP contribution in [0.3, 0.4) is 0 Å². The summed E-state index contributed by atoms with van der Waals surface area (Å²) >= 11 is 0. The van der Waals surface area contributed by atoms with E-state index in [1.807, 2.05) is 32.0 Å². The second-order valence-electron chi connectivity index (χ2n) is 7.19. The summed E-state index contributed by atoms with van der Waals surface area (Å²) in [6, 6.07) is 13.4. The number of ether oxygens (including phenoxy) is 2. The van der Waals surface area contributed by atoms with Crippen LogP contribution in [0.1, 0.15) is 11.1 Å². The topological polar surface area (TPSA) is 98.0 Å². The Balaban J connectivity index is 1.63. The molecule has 0 spiro atoms. The van der Waals surface area contributed by atoms with Crippen LogP contribution in [0.2, 0.25) is 0 Å². The van der Waals surface area contributed by atoms with Gasteiger partial charge in [-0.3, -0.25) is 9.59 Å². The van der Waals surface area contributed by atoms with Crippen molar-refractivity contribution in [2.45, 2.75) is 13.8 Å². The lowest BCUT2D eigenvalue weighted by Crippen LogP contribution is -2.21. The van der Waals surface area contributed by atoms with Gasteiger partial charge in [-0.2, -0.15) is 0 Å². The maximum atomic E-state index is 12.8. The molecule has 7 nitrogen and oxygen atoms in total. The zero-order valence-electron chi connectivity index (χ0n) is 17.3. The molecule has 0 fully saturated rings. The number of hydrogen-bond acceptors (Lipinski definition) is 6. The first-order valence-corrected chi connectivity index (χ1v) is 9.64. The molecule has 2 N–H and O–H groups in total. The van der Waals surface area contributed by atoms with Crippen molar-refractivity contribution in [3.8, 4) is 17.2 Å². The second kappa shape index (κ2) is 8.02. The minimum absolute atomic E-state index is 0.0353. The number of carbonyl (C=O) groups excluding carboxylic acids is 1. The van der Waals surface area contributed by atoms with Gasteiger partial charge in [0.15, 0.2) is 17.9 Å². The van der Waals surface area contributed by atoms with Crippen molar-refractivity contribution in [2.24, 2.45) is 0 Å². The van der Waals surface area contributed by atoms with Crippen LogP contribution in [0.5, 0.6) is 17.2 Å². The zero-order valence-corrected chi connectivity index (χ0v) is 17.3. The second-order valence-corrected chi connectivity index (χ2v) is 7.19. The number of fused-ring (bicyclic) bond motifs is 2. The number of aryl methyl sites for hydroxylation is 2. The van der Waals surface area contributed by atoms with Gasteiger partial charge in [0.1, 0.15) is 22.5 Å². The summed E-state index contributed by atoms with van der Waals surface area (Å²) in [7, 11) is 1.48. The molecule has 0 aliphatic carbocycles. The van der Waals surface area contributed by atoms with Crippen LogP contribution < -0.4 is 20.2 Å². The lowest BCUT2D eigenvalue weighted by atomic mass is 10.1. The van der Waals surface area contributed by atoms with E-state index in [-0.39, 0.29) is 46.0 Å². The summed E-state index contributed by atoms with van der Waals surface area (Å²) in [5.74, 6) is -0.0471. The van der Waals surface area contributed by atoms with E-state index in [0.29, 0.717) is 11.1 Å². The maximum absolute atomic E-state index is 12.8. The Kier molecular flexibility index (Phi) is 5.25. The highest BCUT2D eigenvalue weighted by Gasteiger charge is 2.16. The Morgan fingerprint density at radius 1 is 1.10 bits per heavy atom. The smallest absolute Gasteiger partial charge is 0.262 e. The van der Waals surface area contributed by atoms with Crippen LogP contribution in [0.4, 0.5) is 5.69 Å². The van der Waals surface area contributed by atoms with Crippen LogP contribution >= 0.6 is 0 Å². The number of anilines is 1. The highest BCUT2D eigenvalue weighted by molar-refractivity contribution is 5.96. The van der Waals surface area contributed by atoms with Crippen molar-refractivity contribution in [3.05, 3.63) is 69.9 Å². The number of para-hydroxylation sites is 2. The first-order valence-electron chi connectivity index (χ1n) is 9.64. The van der Waals surface area contributed by atoms with Gasteiger partial charge in [-0.25, -0.2) is 0 Å². The number of aromatic hydroxyl groups is 1. The molecule has 0 unspecified atom stereocenters. The predicted molar refractivity (Wildman–Crippen MR) is 118 cm³/mol. The number of phenolic OH excluding ortho intramolecular Hbond substituents is 1. The van der Waals surface area contributed by atoms with Crippen molar-refractivity contribution in [2.75, 3.05) is 19.0 Å². The average Bonchev–Trinajstić information content (AvgIpc) is 2.74. The van der Waals surface area contributed by atoms with Crippen molar-refractivity contribution in [1.29, 1.82) is 0 Å². The van der Waals surface area contributed by atoms with E-state index in [0.717, 1.165) is 16.8 Å². The molecular formula is C24H21NO6. The highest BCUT2D eigenvalue weighted by Crippen LogP contribution is 2.33. The van der Waals surface area contributed by atoms with Gasteiger partial charge < -0.3 is 24.3 Å². The molecule has 0 saturated carbocycles. The van der Waals surface area contributed by atoms with Gasteiger partial charge >= 0.3 is 0 Å². The molecule has 0 saturated heterocycles. The van der Waals surface area contributed by atoms with Gasteiger partial charge in [-0.05, 0) is 37.1 Å². The van der Waals surface area contributed by atoms with E-state index >= 15 is 0 Å². The third-order valence-corrected chi connectivity index (χ3v) is 5.05. The quantitative estimate of drug-likeness (QED) is 0.468. The summed E-state index contributed by atoms with van der Waals surface area (Å²) in [6.07, 6.45) is 0. The fraction of sp³-hybridized carbons (Fsp3) is 0.167. The molecule has 0 aliphatic heterocycles. The van der Waals surface area contributed by atoms with Gasteiger partial charge in [0.25, 0.3) is 5.91 Å². The van der Waals surface area contributed by atoms with Crippen molar-refractivity contribution < 1.29 is 23.8 Å². The maximum Gasteiger partial charge on any atom is 0.262 e. The fourth-order valence-corrected chi connectivity index (χ4v) is 3.51. The van der Waals surface area contributed by atoms with Crippen LogP contribution in [0.15, 0.2) is 57.7 Å². The molecule has 4 rings (SSSR count). The lowest BCUT2D eigenvalue weighted by molar-refractivity contribution is -0.118. The number of amides is 1. The standard InChI is InChI=1S/C24H21NO6/c1-13-6-4-7-14(2)22(13)25-20(27)12-30-15-10-17(26)21-19(11-15)31-24-16(23(21)28)8-5-9-18(24)29-3/h4-11,26H,12H2,1-3H3,(H,25,27). The summed E-state index contributed by atoms with van der Waals surface area (Å²) < 4.78 is 16.7. The predicted octanol–water partition coefficient (Wildman–Crippen LogP) is 4.29. The number of carbonyl (C=O) groups is 1. The van der Waals surface area contributed by atoms with Gasteiger partial charge in [0.2, 0.25) is 5.43 Å². The SMILES string of the molecule is COc1cccc2c(=O)c3c(O)cc(OCC(=O)Nc4c(C)cccc4C)cc3oc12. The zero-order chi connectivity index (χ0) is 22.1. The number of nitrogens with one attached hydrogen (secondary N) is 1. The first-order chi connectivity index (χ1) is 14.9. The minimum Gasteiger partial charge on any atom is -0.507 e. The molecule has 1 aromatic heterocycles. The number of hydrogen-bond donors (Lipinski definition) is 2. The average molecular weight is 419 g/mol. The molecule has 0 aliphatic rings. The van der Waals surface area contributed by atoms with E-state index in [9.17, 15) is 14.7 Å². The number of rotatable bonds is 5. The monoisotopic (exact) mass is 419 g/mol.